The molecule has 30 heavy (non-hydrogen) atoms. The van der Waals surface area contributed by atoms with Gasteiger partial charge in [0.25, 0.3) is 0 Å². The van der Waals surface area contributed by atoms with E-state index in [4.69, 9.17) is 0 Å². The van der Waals surface area contributed by atoms with Gasteiger partial charge in [0.05, 0.1) is 0 Å². The van der Waals surface area contributed by atoms with Gasteiger partial charge in [-0.1, -0.05) is 51.9 Å². The van der Waals surface area contributed by atoms with E-state index in [1.807, 2.05) is 0 Å². The third-order valence-corrected chi connectivity index (χ3v) is 6.21. The van der Waals surface area contributed by atoms with Gasteiger partial charge >= 0.3 is 25.8 Å². The number of benzene rings is 3. The molecule has 0 bridgehead atoms. The fourth-order valence-electron chi connectivity index (χ4n) is 3.40. The Morgan fingerprint density at radius 3 is 1.77 bits per heavy atom. The summed E-state index contributed by atoms with van der Waals surface area (Å²) in [5, 5.41) is 8.27. The number of aryl methyl sites for hydroxylation is 2. The molecule has 0 spiro atoms. The van der Waals surface area contributed by atoms with Crippen LogP contribution in [0.2, 0.25) is 0 Å². The molecule has 5 rings (SSSR count). The van der Waals surface area contributed by atoms with Gasteiger partial charge in [-0.15, -0.1) is 80.9 Å². The molecule has 0 radical (unpaired) electrons. The normalized spacial score (nSPS) is 10.1. The topological polar surface area (TPSA) is 0 Å². The Labute approximate surface area is 197 Å². The molecule has 4 heteroatoms. The maximum atomic E-state index is 2.31. The first kappa shape index (κ1) is 26.1. The van der Waals surface area contributed by atoms with Gasteiger partial charge in [-0.25, -0.2) is 0 Å². The molecule has 0 amide bonds. The second kappa shape index (κ2) is 12.0. The second-order valence-corrected chi connectivity index (χ2v) is 8.34. The zero-order valence-corrected chi connectivity index (χ0v) is 21.6. The van der Waals surface area contributed by atoms with E-state index in [2.05, 4.69) is 111 Å². The molecule has 0 N–H and O–H groups in total. The Morgan fingerprint density at radius 2 is 1.17 bits per heavy atom. The molecule has 0 aromatic heterocycles. The van der Waals surface area contributed by atoms with Gasteiger partial charge in [0.2, 0.25) is 0 Å². The Balaban J connectivity index is 0.000000302. The quantitative estimate of drug-likeness (QED) is 0.160. The van der Waals surface area contributed by atoms with Crippen molar-refractivity contribution >= 4 is 40.7 Å². The summed E-state index contributed by atoms with van der Waals surface area (Å²) in [5.41, 5.74) is 2.73. The third-order valence-electron chi connectivity index (χ3n) is 4.80. The number of halogens is 2. The van der Waals surface area contributed by atoms with Crippen LogP contribution in [0.1, 0.15) is 11.1 Å². The van der Waals surface area contributed by atoms with Crippen molar-refractivity contribution in [2.24, 2.45) is 0 Å². The van der Waals surface area contributed by atoms with Gasteiger partial charge in [0.15, 0.2) is 0 Å². The van der Waals surface area contributed by atoms with Crippen molar-refractivity contribution in [3.8, 4) is 0 Å². The summed E-state index contributed by atoms with van der Waals surface area (Å²) in [5.74, 6) is 0. The van der Waals surface area contributed by atoms with Crippen molar-refractivity contribution in [1.82, 2.24) is 0 Å². The predicted octanol–water partition coefficient (Wildman–Crippen LogP) is 0.369. The minimum absolute atomic E-state index is 0. The standard InChI is InChI=1S/C16H14P.C10H9.2FH.Hf/c1-12-6-2-5-9-16(12)17-15-10-13-7-3-4-8-14(13)11-15;1-8-6-9-4-2-3-5-10(9)7-8;;;/h2-11,17H,1H3;2-7H,1H3;2*1H;/q2*-1;;;+4/p-2. The predicted molar refractivity (Wildman–Crippen MR) is 123 cm³/mol. The van der Waals surface area contributed by atoms with Crippen LogP contribution in [0.4, 0.5) is 0 Å². The van der Waals surface area contributed by atoms with E-state index in [1.165, 1.54) is 43.3 Å². The van der Waals surface area contributed by atoms with E-state index >= 15 is 0 Å². The molecule has 0 aliphatic heterocycles. The van der Waals surface area contributed by atoms with Gasteiger partial charge in [-0.2, -0.15) is 12.1 Å². The molecule has 0 aliphatic carbocycles. The van der Waals surface area contributed by atoms with Crippen LogP contribution in [-0.4, -0.2) is 0 Å². The van der Waals surface area contributed by atoms with E-state index in [0.717, 1.165) is 8.58 Å². The molecular weight excluding hydrogens is 560 g/mol. The van der Waals surface area contributed by atoms with Crippen molar-refractivity contribution in [3.63, 3.8) is 0 Å². The van der Waals surface area contributed by atoms with E-state index in [9.17, 15) is 0 Å². The monoisotopic (exact) mass is 584 g/mol. The minimum Gasteiger partial charge on any atom is -1.00 e. The first-order valence-electron chi connectivity index (χ1n) is 9.29. The van der Waals surface area contributed by atoms with Crippen LogP contribution in [0.5, 0.6) is 0 Å². The summed E-state index contributed by atoms with van der Waals surface area (Å²) in [7, 11) is 0.759. The van der Waals surface area contributed by atoms with Crippen LogP contribution in [0.15, 0.2) is 97.1 Å². The van der Waals surface area contributed by atoms with Crippen LogP contribution in [0.3, 0.4) is 0 Å². The largest absolute Gasteiger partial charge is 4.00 e. The number of hydrogen-bond acceptors (Lipinski definition) is 0. The second-order valence-electron chi connectivity index (χ2n) is 6.97. The van der Waals surface area contributed by atoms with Gasteiger partial charge < -0.3 is 9.41 Å². The molecule has 0 aliphatic rings. The molecule has 5 aromatic carbocycles. The van der Waals surface area contributed by atoms with E-state index in [1.54, 1.807) is 0 Å². The molecule has 0 saturated heterocycles. The van der Waals surface area contributed by atoms with Crippen molar-refractivity contribution in [2.75, 3.05) is 0 Å². The van der Waals surface area contributed by atoms with Crippen LogP contribution in [0, 0.1) is 13.8 Å². The van der Waals surface area contributed by atoms with Gasteiger partial charge in [0.1, 0.15) is 0 Å². The van der Waals surface area contributed by atoms with Crippen LogP contribution in [0.25, 0.3) is 21.5 Å². The van der Waals surface area contributed by atoms with E-state index < -0.39 is 0 Å². The molecule has 1 atom stereocenters. The first-order chi connectivity index (χ1) is 13.2. The van der Waals surface area contributed by atoms with E-state index in [-0.39, 0.29) is 35.3 Å². The third kappa shape index (κ3) is 6.27. The molecule has 150 valence electrons. The van der Waals surface area contributed by atoms with Crippen molar-refractivity contribution in [1.29, 1.82) is 0 Å². The molecule has 1 unspecified atom stereocenters. The summed E-state index contributed by atoms with van der Waals surface area (Å²) in [6, 6.07) is 34.6. The first-order valence-corrected chi connectivity index (χ1v) is 10.3. The smallest absolute Gasteiger partial charge is 1.00 e. The number of hydrogen-bond donors (Lipinski definition) is 0. The number of rotatable bonds is 2. The van der Waals surface area contributed by atoms with Crippen LogP contribution in [-0.2, 0) is 25.8 Å². The summed E-state index contributed by atoms with van der Waals surface area (Å²) in [4.78, 5) is 0. The van der Waals surface area contributed by atoms with E-state index in [0.29, 0.717) is 0 Å². The van der Waals surface area contributed by atoms with Gasteiger partial charge in [-0.05, 0) is 17.8 Å². The molecule has 0 nitrogen and oxygen atoms in total. The molecule has 0 fully saturated rings. The molecule has 0 heterocycles. The average Bonchev–Trinajstić information content (AvgIpc) is 3.25. The summed E-state index contributed by atoms with van der Waals surface area (Å²) >= 11 is 0. The Kier molecular flexibility index (Phi) is 10.5. The maximum absolute atomic E-state index is 2.31. The minimum atomic E-state index is 0. The SMILES string of the molecule is Cc1cc2ccccc2[cH-]1.Cc1ccccc1Pc1cc2ccccc2[cH-]1.[F-].[F-].[Hf+4]. The Bertz CT molecular complexity index is 1120. The summed E-state index contributed by atoms with van der Waals surface area (Å²) in [6.07, 6.45) is 0. The fourth-order valence-corrected chi connectivity index (χ4v) is 4.62. The van der Waals surface area contributed by atoms with Gasteiger partial charge in [0, 0.05) is 0 Å². The average molecular weight is 583 g/mol. The zero-order valence-electron chi connectivity index (χ0n) is 17.0. The van der Waals surface area contributed by atoms with Crippen molar-refractivity contribution in [2.45, 2.75) is 13.8 Å². The maximum Gasteiger partial charge on any atom is 4.00 e. The summed E-state index contributed by atoms with van der Waals surface area (Å²) < 4.78 is 0. The number of fused-ring (bicyclic) bond motifs is 2. The molecular formula is C26H23F2HfP. The van der Waals surface area contributed by atoms with Gasteiger partial charge in [-0.3, -0.25) is 0 Å². The molecule has 5 aromatic rings. The Morgan fingerprint density at radius 1 is 0.633 bits per heavy atom. The fraction of sp³-hybridized carbons (Fsp3) is 0.0769. The van der Waals surface area contributed by atoms with Crippen LogP contribution < -0.4 is 20.0 Å². The van der Waals surface area contributed by atoms with Crippen molar-refractivity contribution in [3.05, 3.63) is 108 Å². The van der Waals surface area contributed by atoms with Crippen molar-refractivity contribution < 1.29 is 35.3 Å². The Hall–Kier alpha value is -1.96. The molecule has 0 saturated carbocycles. The van der Waals surface area contributed by atoms with Crippen LogP contribution >= 0.6 is 8.58 Å². The summed E-state index contributed by atoms with van der Waals surface area (Å²) in [6.45, 7) is 4.31. The zero-order chi connectivity index (χ0) is 18.6.